The van der Waals surface area contributed by atoms with Gasteiger partial charge in [-0.2, -0.15) is 0 Å². The zero-order chi connectivity index (χ0) is 15.2. The second-order valence-corrected chi connectivity index (χ2v) is 4.68. The molecule has 3 N–H and O–H groups in total. The summed E-state index contributed by atoms with van der Waals surface area (Å²) in [5.74, 6) is 5.19. The van der Waals surface area contributed by atoms with Gasteiger partial charge in [0, 0.05) is 11.1 Å². The van der Waals surface area contributed by atoms with Crippen LogP contribution in [0.15, 0.2) is 42.5 Å². The highest BCUT2D eigenvalue weighted by Gasteiger charge is 2.06. The van der Waals surface area contributed by atoms with Crippen molar-refractivity contribution in [3.8, 4) is 5.75 Å². The lowest BCUT2D eigenvalue weighted by atomic mass is 10.1. The summed E-state index contributed by atoms with van der Waals surface area (Å²) in [7, 11) is 0. The van der Waals surface area contributed by atoms with Crippen LogP contribution in [-0.4, -0.2) is 12.2 Å². The first-order valence-corrected chi connectivity index (χ1v) is 6.49. The molecule has 0 aliphatic rings. The van der Waals surface area contributed by atoms with Crippen LogP contribution in [0, 0.1) is 0 Å². The van der Waals surface area contributed by atoms with E-state index in [0.717, 1.165) is 5.56 Å². The molecule has 0 atom stereocenters. The normalized spacial score (nSPS) is 10.0. The molecule has 2 aromatic rings. The van der Waals surface area contributed by atoms with E-state index >= 15 is 0 Å². The first kappa shape index (κ1) is 15.0. The first-order chi connectivity index (χ1) is 10.1. The quantitative estimate of drug-likeness (QED) is 0.384. The maximum atomic E-state index is 11.4. The summed E-state index contributed by atoms with van der Waals surface area (Å²) in [6.07, 6.45) is 0.713. The van der Waals surface area contributed by atoms with Gasteiger partial charge in [-0.25, -0.2) is 5.84 Å². The van der Waals surface area contributed by atoms with Gasteiger partial charge in [0.2, 0.25) is 0 Å². The summed E-state index contributed by atoms with van der Waals surface area (Å²) < 4.78 is 5.58. The van der Waals surface area contributed by atoms with Gasteiger partial charge in [0.05, 0.1) is 5.02 Å². The van der Waals surface area contributed by atoms with Crippen LogP contribution in [-0.2, 0) is 6.61 Å². The maximum absolute atomic E-state index is 11.4. The van der Waals surface area contributed by atoms with Crippen molar-refractivity contribution < 1.29 is 14.3 Å². The minimum Gasteiger partial charge on any atom is -0.487 e. The third kappa shape index (κ3) is 3.81. The minimum absolute atomic E-state index is 0.242. The summed E-state index contributed by atoms with van der Waals surface area (Å²) >= 11 is 6.01. The number of nitrogens with one attached hydrogen (secondary N) is 1. The molecule has 0 fully saturated rings. The van der Waals surface area contributed by atoms with Crippen molar-refractivity contribution in [2.24, 2.45) is 5.84 Å². The number of benzene rings is 2. The van der Waals surface area contributed by atoms with E-state index in [4.69, 9.17) is 22.2 Å². The highest BCUT2D eigenvalue weighted by Crippen LogP contribution is 2.25. The van der Waals surface area contributed by atoms with Gasteiger partial charge in [-0.15, -0.1) is 0 Å². The minimum atomic E-state index is -0.370. The van der Waals surface area contributed by atoms with E-state index in [1.54, 1.807) is 30.3 Å². The van der Waals surface area contributed by atoms with Gasteiger partial charge in [0.1, 0.15) is 18.6 Å². The molecule has 5 nitrogen and oxygen atoms in total. The number of hydrogen-bond donors (Lipinski definition) is 2. The van der Waals surface area contributed by atoms with Crippen LogP contribution in [0.1, 0.15) is 26.3 Å². The zero-order valence-corrected chi connectivity index (χ0v) is 11.8. The van der Waals surface area contributed by atoms with Crippen LogP contribution in [0.5, 0.6) is 5.75 Å². The van der Waals surface area contributed by atoms with Gasteiger partial charge in [0.15, 0.2) is 0 Å². The average Bonchev–Trinajstić information content (AvgIpc) is 2.53. The molecule has 108 valence electrons. The predicted octanol–water partition coefficient (Wildman–Crippen LogP) is 2.33. The van der Waals surface area contributed by atoms with Crippen LogP contribution in [0.3, 0.4) is 0 Å². The van der Waals surface area contributed by atoms with Crippen LogP contribution < -0.4 is 16.0 Å². The summed E-state index contributed by atoms with van der Waals surface area (Å²) in [5.41, 5.74) is 3.79. The van der Waals surface area contributed by atoms with E-state index in [-0.39, 0.29) is 12.5 Å². The van der Waals surface area contributed by atoms with Crippen molar-refractivity contribution in [1.82, 2.24) is 5.43 Å². The third-order valence-electron chi connectivity index (χ3n) is 2.81. The van der Waals surface area contributed by atoms with E-state index in [1.165, 1.54) is 6.07 Å². The van der Waals surface area contributed by atoms with Gasteiger partial charge < -0.3 is 4.74 Å². The largest absolute Gasteiger partial charge is 0.487 e. The Morgan fingerprint density at radius 3 is 2.76 bits per heavy atom. The monoisotopic (exact) mass is 304 g/mol. The molecular formula is C15H13ClN2O3. The Hall–Kier alpha value is -2.37. The van der Waals surface area contributed by atoms with Crippen molar-refractivity contribution in [2.75, 3.05) is 0 Å². The molecule has 0 radical (unpaired) electrons. The maximum Gasteiger partial charge on any atom is 0.265 e. The Balaban J connectivity index is 2.09. The topological polar surface area (TPSA) is 81.4 Å². The third-order valence-corrected chi connectivity index (χ3v) is 3.10. The average molecular weight is 305 g/mol. The smallest absolute Gasteiger partial charge is 0.265 e. The number of halogens is 1. The molecule has 0 aliphatic heterocycles. The number of amides is 1. The van der Waals surface area contributed by atoms with Crippen molar-refractivity contribution in [1.29, 1.82) is 0 Å². The number of ether oxygens (including phenoxy) is 1. The summed E-state index contributed by atoms with van der Waals surface area (Å²) in [5, 5.41) is 0.357. The first-order valence-electron chi connectivity index (χ1n) is 6.11. The number of nitrogen functional groups attached to an aromatic ring is 1. The Labute approximate surface area is 126 Å². The van der Waals surface area contributed by atoms with Crippen LogP contribution >= 0.6 is 11.6 Å². The summed E-state index contributed by atoms with van der Waals surface area (Å²) in [6, 6.07) is 11.7. The van der Waals surface area contributed by atoms with Gasteiger partial charge in [-0.3, -0.25) is 15.0 Å². The van der Waals surface area contributed by atoms with Gasteiger partial charge in [-0.1, -0.05) is 23.7 Å². The fraction of sp³-hybridized carbons (Fsp3) is 0.0667. The number of carbonyl (C=O) groups is 2. The standard InChI is InChI=1S/C15H13ClN2O3/c16-13-7-10(8-19)4-5-14(13)21-9-11-2-1-3-12(6-11)15(20)18-17/h1-8H,9,17H2,(H,18,20). The lowest BCUT2D eigenvalue weighted by molar-refractivity contribution is 0.0953. The molecular weight excluding hydrogens is 292 g/mol. The van der Waals surface area contributed by atoms with Crippen molar-refractivity contribution in [3.05, 3.63) is 64.2 Å². The molecule has 2 rings (SSSR count). The second kappa shape index (κ2) is 6.88. The molecule has 0 unspecified atom stereocenters. The zero-order valence-electron chi connectivity index (χ0n) is 11.0. The molecule has 2 aromatic carbocycles. The Bertz CT molecular complexity index is 674. The predicted molar refractivity (Wildman–Crippen MR) is 79.3 cm³/mol. The van der Waals surface area contributed by atoms with E-state index in [1.807, 2.05) is 6.07 Å². The lowest BCUT2D eigenvalue weighted by Crippen LogP contribution is -2.30. The van der Waals surface area contributed by atoms with Crippen molar-refractivity contribution in [2.45, 2.75) is 6.61 Å². The van der Waals surface area contributed by atoms with Gasteiger partial charge >= 0.3 is 0 Å². The van der Waals surface area contributed by atoms with E-state index in [0.29, 0.717) is 28.2 Å². The molecule has 0 bridgehead atoms. The van der Waals surface area contributed by atoms with Gasteiger partial charge in [0.25, 0.3) is 5.91 Å². The van der Waals surface area contributed by atoms with E-state index in [2.05, 4.69) is 5.43 Å². The molecule has 0 spiro atoms. The number of hydrazine groups is 1. The summed E-state index contributed by atoms with van der Waals surface area (Å²) in [4.78, 5) is 22.1. The Morgan fingerprint density at radius 1 is 1.29 bits per heavy atom. The fourth-order valence-electron chi connectivity index (χ4n) is 1.75. The van der Waals surface area contributed by atoms with Crippen LogP contribution in [0.2, 0.25) is 5.02 Å². The van der Waals surface area contributed by atoms with Crippen LogP contribution in [0.25, 0.3) is 0 Å². The molecule has 0 saturated carbocycles. The number of hydrogen-bond acceptors (Lipinski definition) is 4. The SMILES string of the molecule is NNC(=O)c1cccc(COc2ccc(C=O)cc2Cl)c1. The van der Waals surface area contributed by atoms with Crippen molar-refractivity contribution >= 4 is 23.8 Å². The fourth-order valence-corrected chi connectivity index (χ4v) is 2.00. The highest BCUT2D eigenvalue weighted by atomic mass is 35.5. The Morgan fingerprint density at radius 2 is 2.10 bits per heavy atom. The number of carbonyl (C=O) groups excluding carboxylic acids is 2. The van der Waals surface area contributed by atoms with Gasteiger partial charge in [-0.05, 0) is 35.9 Å². The highest BCUT2D eigenvalue weighted by molar-refractivity contribution is 6.32. The molecule has 0 saturated heterocycles. The molecule has 0 aliphatic carbocycles. The van der Waals surface area contributed by atoms with Crippen molar-refractivity contribution in [3.63, 3.8) is 0 Å². The lowest BCUT2D eigenvalue weighted by Gasteiger charge is -2.09. The number of rotatable bonds is 5. The number of aldehydes is 1. The molecule has 0 heterocycles. The van der Waals surface area contributed by atoms with E-state index in [9.17, 15) is 9.59 Å². The molecule has 0 aromatic heterocycles. The molecule has 1 amide bonds. The number of nitrogens with two attached hydrogens (primary N) is 1. The Kier molecular flexibility index (Phi) is 4.92. The summed E-state index contributed by atoms with van der Waals surface area (Å²) in [6.45, 7) is 0.242. The molecule has 21 heavy (non-hydrogen) atoms. The molecule has 6 heteroatoms. The van der Waals surface area contributed by atoms with E-state index < -0.39 is 0 Å². The second-order valence-electron chi connectivity index (χ2n) is 4.27. The van der Waals surface area contributed by atoms with Crippen LogP contribution in [0.4, 0.5) is 0 Å².